The summed E-state index contributed by atoms with van der Waals surface area (Å²) in [5.74, 6) is 0. The molecule has 2 N–H and O–H groups in total. The predicted molar refractivity (Wildman–Crippen MR) is 47.1 cm³/mol. The highest BCUT2D eigenvalue weighted by atomic mass is 15.4. The van der Waals surface area contributed by atoms with Crippen LogP contribution in [0.5, 0.6) is 0 Å². The Morgan fingerprint density at radius 2 is 2.45 bits per heavy atom. The van der Waals surface area contributed by atoms with Gasteiger partial charge in [-0.1, -0.05) is 13.0 Å². The molecule has 3 heteroatoms. The zero-order chi connectivity index (χ0) is 7.94. The van der Waals surface area contributed by atoms with Gasteiger partial charge in [0, 0.05) is 11.9 Å². The van der Waals surface area contributed by atoms with Gasteiger partial charge in [0.05, 0.1) is 0 Å². The molecule has 0 aromatic rings. The molecule has 0 radical (unpaired) electrons. The molecule has 0 saturated heterocycles. The van der Waals surface area contributed by atoms with Crippen molar-refractivity contribution in [2.75, 3.05) is 6.67 Å². The van der Waals surface area contributed by atoms with Crippen LogP contribution in [0.1, 0.15) is 13.3 Å². The number of hydrazine groups is 1. The Morgan fingerprint density at radius 3 is 3.27 bits per heavy atom. The van der Waals surface area contributed by atoms with Crippen molar-refractivity contribution in [3.05, 3.63) is 23.9 Å². The normalized spacial score (nSPS) is 17.7. The molecule has 11 heavy (non-hydrogen) atoms. The van der Waals surface area contributed by atoms with E-state index in [9.17, 15) is 0 Å². The van der Waals surface area contributed by atoms with Crippen molar-refractivity contribution in [3.8, 4) is 0 Å². The molecule has 0 fully saturated rings. The third-order valence-corrected chi connectivity index (χ3v) is 1.40. The average molecular weight is 151 g/mol. The monoisotopic (exact) mass is 151 g/mol. The quantitative estimate of drug-likeness (QED) is 0.586. The molecular formula is C8H13N3. The second kappa shape index (κ2) is 4.68. The summed E-state index contributed by atoms with van der Waals surface area (Å²) < 4.78 is 0. The molecule has 0 saturated carbocycles. The maximum Gasteiger partial charge on any atom is 0.105 e. The molecule has 0 unspecified atom stereocenters. The zero-order valence-electron chi connectivity index (χ0n) is 6.67. The van der Waals surface area contributed by atoms with E-state index in [0.29, 0.717) is 6.67 Å². The van der Waals surface area contributed by atoms with Crippen LogP contribution >= 0.6 is 0 Å². The second-order valence-electron chi connectivity index (χ2n) is 2.22. The zero-order valence-corrected chi connectivity index (χ0v) is 6.67. The summed E-state index contributed by atoms with van der Waals surface area (Å²) in [6.45, 7) is 2.72. The van der Waals surface area contributed by atoms with Gasteiger partial charge >= 0.3 is 0 Å². The lowest BCUT2D eigenvalue weighted by Gasteiger charge is -2.06. The molecule has 0 atom stereocenters. The fourth-order valence-corrected chi connectivity index (χ4v) is 0.782. The summed E-state index contributed by atoms with van der Waals surface area (Å²) in [6.07, 6.45) is 8.71. The van der Waals surface area contributed by atoms with Crippen molar-refractivity contribution < 1.29 is 0 Å². The van der Waals surface area contributed by atoms with Gasteiger partial charge in [-0.25, -0.2) is 5.43 Å². The third kappa shape index (κ3) is 3.00. The smallest absolute Gasteiger partial charge is 0.105 e. The molecule has 0 spiro atoms. The standard InChI is InChI=1S/C8H13N3/c1-2-8-5-3-4-6-9-7-10-11-8/h3-6,10-11H,2,7H2,1H3. The van der Waals surface area contributed by atoms with Crippen LogP contribution in [0.2, 0.25) is 0 Å². The number of nitrogens with zero attached hydrogens (tertiary/aromatic N) is 1. The minimum absolute atomic E-state index is 0.613. The first-order chi connectivity index (χ1) is 5.43. The average Bonchev–Trinajstić information content (AvgIpc) is 2.16. The lowest BCUT2D eigenvalue weighted by Crippen LogP contribution is -2.30. The molecule has 0 aliphatic carbocycles. The van der Waals surface area contributed by atoms with Crippen LogP contribution in [0.3, 0.4) is 0 Å². The fourth-order valence-electron chi connectivity index (χ4n) is 0.782. The summed E-state index contributed by atoms with van der Waals surface area (Å²) in [5, 5.41) is 0. The first-order valence-electron chi connectivity index (χ1n) is 3.78. The molecule has 1 aliphatic heterocycles. The summed E-state index contributed by atoms with van der Waals surface area (Å²) >= 11 is 0. The van der Waals surface area contributed by atoms with E-state index in [-0.39, 0.29) is 0 Å². The van der Waals surface area contributed by atoms with Crippen LogP contribution in [0.25, 0.3) is 0 Å². The van der Waals surface area contributed by atoms with Crippen LogP contribution in [0.15, 0.2) is 28.9 Å². The van der Waals surface area contributed by atoms with Crippen molar-refractivity contribution in [1.82, 2.24) is 10.9 Å². The highest BCUT2D eigenvalue weighted by Crippen LogP contribution is 1.94. The van der Waals surface area contributed by atoms with Gasteiger partial charge in [0.2, 0.25) is 0 Å². The second-order valence-corrected chi connectivity index (χ2v) is 2.22. The summed E-state index contributed by atoms with van der Waals surface area (Å²) in [7, 11) is 0. The van der Waals surface area contributed by atoms with E-state index in [0.717, 1.165) is 6.42 Å². The molecule has 1 rings (SSSR count). The Balaban J connectivity index is 2.58. The number of rotatable bonds is 1. The molecular weight excluding hydrogens is 138 g/mol. The molecule has 0 bridgehead atoms. The van der Waals surface area contributed by atoms with Crippen LogP contribution in [0.4, 0.5) is 0 Å². The lowest BCUT2D eigenvalue weighted by molar-refractivity contribution is 0.602. The number of hydrogen-bond acceptors (Lipinski definition) is 3. The van der Waals surface area contributed by atoms with Crippen molar-refractivity contribution in [3.63, 3.8) is 0 Å². The van der Waals surface area contributed by atoms with Gasteiger partial charge in [0.1, 0.15) is 6.67 Å². The topological polar surface area (TPSA) is 36.4 Å². The van der Waals surface area contributed by atoms with Crippen molar-refractivity contribution in [2.45, 2.75) is 13.3 Å². The van der Waals surface area contributed by atoms with Gasteiger partial charge in [-0.15, -0.1) is 0 Å². The van der Waals surface area contributed by atoms with E-state index >= 15 is 0 Å². The molecule has 1 heterocycles. The van der Waals surface area contributed by atoms with Gasteiger partial charge in [0.15, 0.2) is 0 Å². The van der Waals surface area contributed by atoms with Gasteiger partial charge < -0.3 is 5.43 Å². The molecule has 0 aromatic heterocycles. The summed E-state index contributed by atoms with van der Waals surface area (Å²) in [5.41, 5.74) is 7.20. The third-order valence-electron chi connectivity index (χ3n) is 1.40. The van der Waals surface area contributed by atoms with Crippen LogP contribution in [0, 0.1) is 0 Å². The SMILES string of the molecule is CCC1=CC=CC=NCNN1. The Bertz CT molecular complexity index is 192. The van der Waals surface area contributed by atoms with Crippen LogP contribution in [-0.2, 0) is 0 Å². The molecule has 0 aromatic carbocycles. The van der Waals surface area contributed by atoms with E-state index in [1.54, 1.807) is 6.21 Å². The summed E-state index contributed by atoms with van der Waals surface area (Å²) in [6, 6.07) is 0. The Morgan fingerprint density at radius 1 is 1.55 bits per heavy atom. The summed E-state index contributed by atoms with van der Waals surface area (Å²) in [4.78, 5) is 4.04. The number of aliphatic imine (C=N–C) groups is 1. The minimum atomic E-state index is 0.613. The van der Waals surface area contributed by atoms with Crippen molar-refractivity contribution in [2.24, 2.45) is 4.99 Å². The first kappa shape index (κ1) is 8.01. The number of allylic oxidation sites excluding steroid dienone is 4. The fraction of sp³-hybridized carbons (Fsp3) is 0.375. The number of hydrogen-bond donors (Lipinski definition) is 2. The highest BCUT2D eigenvalue weighted by molar-refractivity contribution is 5.71. The Labute approximate surface area is 66.9 Å². The van der Waals surface area contributed by atoms with Crippen LogP contribution < -0.4 is 10.9 Å². The van der Waals surface area contributed by atoms with Gasteiger partial charge in [-0.3, -0.25) is 4.99 Å². The molecule has 3 nitrogen and oxygen atoms in total. The van der Waals surface area contributed by atoms with E-state index in [1.165, 1.54) is 5.70 Å². The molecule has 60 valence electrons. The van der Waals surface area contributed by atoms with Crippen molar-refractivity contribution >= 4 is 6.21 Å². The minimum Gasteiger partial charge on any atom is -0.324 e. The van der Waals surface area contributed by atoms with Gasteiger partial charge in [-0.2, -0.15) is 0 Å². The van der Waals surface area contributed by atoms with E-state index in [4.69, 9.17) is 0 Å². The van der Waals surface area contributed by atoms with Gasteiger partial charge in [-0.05, 0) is 18.6 Å². The molecule has 1 aliphatic rings. The van der Waals surface area contributed by atoms with E-state index in [1.807, 2.05) is 18.2 Å². The maximum absolute atomic E-state index is 4.04. The van der Waals surface area contributed by atoms with Crippen molar-refractivity contribution in [1.29, 1.82) is 0 Å². The van der Waals surface area contributed by atoms with E-state index < -0.39 is 0 Å². The Kier molecular flexibility index (Phi) is 3.41. The maximum atomic E-state index is 4.04. The highest BCUT2D eigenvalue weighted by Gasteiger charge is 1.89. The predicted octanol–water partition coefficient (Wildman–Crippen LogP) is 0.973. The molecule has 0 amide bonds. The van der Waals surface area contributed by atoms with Crippen LogP contribution in [-0.4, -0.2) is 12.9 Å². The largest absolute Gasteiger partial charge is 0.324 e. The number of nitrogens with one attached hydrogen (secondary N) is 2. The van der Waals surface area contributed by atoms with Gasteiger partial charge in [0.25, 0.3) is 0 Å². The first-order valence-corrected chi connectivity index (χ1v) is 3.78. The lowest BCUT2D eigenvalue weighted by atomic mass is 10.3. The van der Waals surface area contributed by atoms with E-state index in [2.05, 4.69) is 22.8 Å². The Hall–Kier alpha value is -1.09.